The van der Waals surface area contributed by atoms with Crippen molar-refractivity contribution in [3.05, 3.63) is 23.4 Å². The number of hydrogen-bond donors (Lipinski definition) is 2. The average molecular weight is 290 g/mol. The minimum atomic E-state index is -0.898. The molecule has 0 aliphatic heterocycles. The van der Waals surface area contributed by atoms with E-state index in [1.807, 2.05) is 0 Å². The van der Waals surface area contributed by atoms with Crippen molar-refractivity contribution in [2.24, 2.45) is 16.7 Å². The maximum Gasteiger partial charge on any atom is 0.335 e. The summed E-state index contributed by atoms with van der Waals surface area (Å²) in [7, 11) is 0. The van der Waals surface area contributed by atoms with Gasteiger partial charge in [-0.05, 0) is 35.3 Å². The molecule has 2 N–H and O–H groups in total. The number of anilines is 1. The first-order valence-corrected chi connectivity index (χ1v) is 7.68. The van der Waals surface area contributed by atoms with E-state index in [0.29, 0.717) is 28.1 Å². The molecular weight excluding hydrogens is 264 g/mol. The van der Waals surface area contributed by atoms with Crippen molar-refractivity contribution in [2.45, 2.75) is 47.5 Å². The molecule has 0 unspecified atom stereocenters. The van der Waals surface area contributed by atoms with Gasteiger partial charge in [-0.1, -0.05) is 41.0 Å². The Bertz CT molecular complexity index is 536. The van der Waals surface area contributed by atoms with E-state index in [0.717, 1.165) is 25.1 Å². The first-order chi connectivity index (χ1) is 9.70. The highest BCUT2D eigenvalue weighted by molar-refractivity contribution is 5.88. The first-order valence-electron chi connectivity index (χ1n) is 7.68. The fourth-order valence-electron chi connectivity index (χ4n) is 3.24. The fraction of sp³-hybridized carbons (Fsp3) is 0.647. The van der Waals surface area contributed by atoms with Gasteiger partial charge in [0, 0.05) is 12.2 Å². The van der Waals surface area contributed by atoms with Crippen molar-refractivity contribution >= 4 is 11.8 Å². The summed E-state index contributed by atoms with van der Waals surface area (Å²) < 4.78 is 0. The predicted octanol–water partition coefficient (Wildman–Crippen LogP) is 3.83. The standard InChI is InChI=1S/C17H26N2O2/c1-6-7-12-8-11(15(20)21)9-14(19-12)18-10-13-16(2,3)17(13,4)5/h8-9,13H,6-7,10H2,1-5H3,(H,18,19)(H,20,21). The van der Waals surface area contributed by atoms with Crippen LogP contribution in [-0.2, 0) is 6.42 Å². The molecule has 1 aliphatic rings. The molecule has 4 heteroatoms. The zero-order chi connectivity index (χ0) is 15.8. The molecule has 2 rings (SSSR count). The van der Waals surface area contributed by atoms with Gasteiger partial charge in [-0.25, -0.2) is 9.78 Å². The molecule has 0 bridgehead atoms. The van der Waals surface area contributed by atoms with Gasteiger partial charge >= 0.3 is 5.97 Å². The zero-order valence-corrected chi connectivity index (χ0v) is 13.7. The minimum absolute atomic E-state index is 0.310. The number of aryl methyl sites for hydroxylation is 1. The van der Waals surface area contributed by atoms with Crippen LogP contribution in [0.5, 0.6) is 0 Å². The van der Waals surface area contributed by atoms with Crippen LogP contribution >= 0.6 is 0 Å². The second-order valence-corrected chi connectivity index (χ2v) is 7.16. The molecule has 0 amide bonds. The third-order valence-electron chi connectivity index (χ3n) is 5.44. The number of aromatic carboxylic acids is 1. The van der Waals surface area contributed by atoms with Gasteiger partial charge in [-0.15, -0.1) is 0 Å². The van der Waals surface area contributed by atoms with Crippen LogP contribution in [0.15, 0.2) is 12.1 Å². The van der Waals surface area contributed by atoms with E-state index >= 15 is 0 Å². The smallest absolute Gasteiger partial charge is 0.335 e. The van der Waals surface area contributed by atoms with Crippen LogP contribution < -0.4 is 5.32 Å². The van der Waals surface area contributed by atoms with Gasteiger partial charge in [-0.2, -0.15) is 0 Å². The molecule has 1 aromatic heterocycles. The lowest BCUT2D eigenvalue weighted by Crippen LogP contribution is -2.11. The number of aromatic nitrogens is 1. The molecule has 0 spiro atoms. The number of carbonyl (C=O) groups is 1. The van der Waals surface area contributed by atoms with Crippen LogP contribution in [0.3, 0.4) is 0 Å². The number of carboxylic acid groups (broad SMARTS) is 1. The quantitative estimate of drug-likeness (QED) is 0.836. The van der Waals surface area contributed by atoms with Gasteiger partial charge in [0.05, 0.1) is 5.56 Å². The number of carboxylic acids is 1. The molecule has 1 heterocycles. The topological polar surface area (TPSA) is 62.2 Å². The van der Waals surface area contributed by atoms with Crippen molar-refractivity contribution in [3.63, 3.8) is 0 Å². The van der Waals surface area contributed by atoms with Crippen molar-refractivity contribution in [2.75, 3.05) is 11.9 Å². The number of rotatable bonds is 6. The summed E-state index contributed by atoms with van der Waals surface area (Å²) in [6, 6.07) is 3.30. The third kappa shape index (κ3) is 2.89. The van der Waals surface area contributed by atoms with Gasteiger partial charge in [0.25, 0.3) is 0 Å². The summed E-state index contributed by atoms with van der Waals surface area (Å²) in [6.45, 7) is 12.0. The Morgan fingerprint density at radius 2 is 1.90 bits per heavy atom. The maximum absolute atomic E-state index is 11.2. The molecule has 0 radical (unpaired) electrons. The number of nitrogens with one attached hydrogen (secondary N) is 1. The van der Waals surface area contributed by atoms with E-state index in [-0.39, 0.29) is 0 Å². The summed E-state index contributed by atoms with van der Waals surface area (Å²) in [4.78, 5) is 15.7. The molecule has 1 fully saturated rings. The molecule has 4 nitrogen and oxygen atoms in total. The highest BCUT2D eigenvalue weighted by Crippen LogP contribution is 2.68. The molecule has 0 aromatic carbocycles. The molecule has 0 atom stereocenters. The summed E-state index contributed by atoms with van der Waals surface area (Å²) in [5.74, 6) is 0.358. The van der Waals surface area contributed by atoms with Gasteiger partial charge in [0.15, 0.2) is 0 Å². The largest absolute Gasteiger partial charge is 0.478 e. The van der Waals surface area contributed by atoms with E-state index < -0.39 is 5.97 Å². The highest BCUT2D eigenvalue weighted by atomic mass is 16.4. The van der Waals surface area contributed by atoms with E-state index in [4.69, 9.17) is 0 Å². The molecule has 21 heavy (non-hydrogen) atoms. The second-order valence-electron chi connectivity index (χ2n) is 7.16. The van der Waals surface area contributed by atoms with Gasteiger partial charge in [0.2, 0.25) is 0 Å². The van der Waals surface area contributed by atoms with Crippen LogP contribution in [0.25, 0.3) is 0 Å². The number of nitrogens with zero attached hydrogens (tertiary/aromatic N) is 1. The van der Waals surface area contributed by atoms with Crippen molar-refractivity contribution in [1.82, 2.24) is 4.98 Å². The normalized spacial score (nSPS) is 19.3. The lowest BCUT2D eigenvalue weighted by atomic mass is 10.0. The van der Waals surface area contributed by atoms with E-state index in [9.17, 15) is 9.90 Å². The molecule has 1 saturated carbocycles. The Balaban J connectivity index is 2.11. The Labute approximate surface area is 127 Å². The maximum atomic E-state index is 11.2. The Morgan fingerprint density at radius 1 is 1.29 bits per heavy atom. The summed E-state index contributed by atoms with van der Waals surface area (Å²) >= 11 is 0. The second kappa shape index (κ2) is 5.32. The molecule has 1 aliphatic carbocycles. The van der Waals surface area contributed by atoms with Crippen molar-refractivity contribution in [3.8, 4) is 0 Å². The molecular formula is C17H26N2O2. The predicted molar refractivity (Wildman–Crippen MR) is 84.7 cm³/mol. The van der Waals surface area contributed by atoms with Gasteiger partial charge < -0.3 is 10.4 Å². The Hall–Kier alpha value is -1.58. The summed E-state index contributed by atoms with van der Waals surface area (Å²) in [5, 5.41) is 12.5. The third-order valence-corrected chi connectivity index (χ3v) is 5.44. The van der Waals surface area contributed by atoms with E-state index in [1.165, 1.54) is 0 Å². The van der Waals surface area contributed by atoms with Crippen molar-refractivity contribution < 1.29 is 9.90 Å². The van der Waals surface area contributed by atoms with Crippen LogP contribution in [0.2, 0.25) is 0 Å². The minimum Gasteiger partial charge on any atom is -0.478 e. The highest BCUT2D eigenvalue weighted by Gasteiger charge is 2.64. The van der Waals surface area contributed by atoms with Crippen LogP contribution in [0.4, 0.5) is 5.82 Å². The summed E-state index contributed by atoms with van der Waals surface area (Å²) in [5.41, 5.74) is 1.78. The molecule has 116 valence electrons. The van der Waals surface area contributed by atoms with Crippen LogP contribution in [0, 0.1) is 16.7 Å². The molecule has 1 aromatic rings. The van der Waals surface area contributed by atoms with E-state index in [1.54, 1.807) is 12.1 Å². The Morgan fingerprint density at radius 3 is 2.38 bits per heavy atom. The first kappa shape index (κ1) is 15.8. The van der Waals surface area contributed by atoms with Crippen molar-refractivity contribution in [1.29, 1.82) is 0 Å². The average Bonchev–Trinajstić information content (AvgIpc) is 2.77. The lowest BCUT2D eigenvalue weighted by molar-refractivity contribution is 0.0696. The SMILES string of the molecule is CCCc1cc(C(=O)O)cc(NCC2C(C)(C)C2(C)C)n1. The lowest BCUT2D eigenvalue weighted by Gasteiger charge is -2.10. The molecule has 0 saturated heterocycles. The summed E-state index contributed by atoms with van der Waals surface area (Å²) in [6.07, 6.45) is 1.76. The zero-order valence-electron chi connectivity index (χ0n) is 13.7. The fourth-order valence-corrected chi connectivity index (χ4v) is 3.24. The van der Waals surface area contributed by atoms with Gasteiger partial charge in [0.1, 0.15) is 5.82 Å². The monoisotopic (exact) mass is 290 g/mol. The number of hydrogen-bond acceptors (Lipinski definition) is 3. The van der Waals surface area contributed by atoms with Crippen LogP contribution in [0.1, 0.15) is 57.1 Å². The van der Waals surface area contributed by atoms with Crippen LogP contribution in [-0.4, -0.2) is 22.6 Å². The van der Waals surface area contributed by atoms with Gasteiger partial charge in [-0.3, -0.25) is 0 Å². The Kier molecular flexibility index (Phi) is 4.00. The van der Waals surface area contributed by atoms with E-state index in [2.05, 4.69) is 44.9 Å². The number of pyridine rings is 1.